The third-order valence-corrected chi connectivity index (χ3v) is 3.07. The van der Waals surface area contributed by atoms with Crippen molar-refractivity contribution < 1.29 is 9.53 Å². The minimum absolute atomic E-state index is 0.199. The highest BCUT2D eigenvalue weighted by molar-refractivity contribution is 6.02. The zero-order valence-corrected chi connectivity index (χ0v) is 9.69. The largest absolute Gasteiger partial charge is 0.497 e. The Bertz CT molecular complexity index is 415. The molecule has 16 heavy (non-hydrogen) atoms. The van der Waals surface area contributed by atoms with Crippen molar-refractivity contribution in [1.82, 2.24) is 0 Å². The first-order chi connectivity index (χ1) is 7.70. The Kier molecular flexibility index (Phi) is 3.09. The summed E-state index contributed by atoms with van der Waals surface area (Å²) >= 11 is 0. The molecular formula is C14H16O2. The molecule has 1 fully saturated rings. The van der Waals surface area contributed by atoms with Crippen LogP contribution in [-0.4, -0.2) is 12.9 Å². The van der Waals surface area contributed by atoms with Crippen LogP contribution in [0.15, 0.2) is 29.8 Å². The van der Waals surface area contributed by atoms with Gasteiger partial charge in [-0.1, -0.05) is 19.1 Å². The second-order valence-electron chi connectivity index (χ2n) is 4.25. The zero-order valence-electron chi connectivity index (χ0n) is 9.69. The molecular weight excluding hydrogens is 200 g/mol. The molecule has 0 bridgehead atoms. The minimum Gasteiger partial charge on any atom is -0.497 e. The van der Waals surface area contributed by atoms with Gasteiger partial charge in [0.15, 0.2) is 5.78 Å². The van der Waals surface area contributed by atoms with Crippen LogP contribution in [-0.2, 0) is 4.79 Å². The fraction of sp³-hybridized carbons (Fsp3) is 0.357. The summed E-state index contributed by atoms with van der Waals surface area (Å²) in [6, 6.07) is 7.77. The molecule has 2 nitrogen and oxygen atoms in total. The average Bonchev–Trinajstić information content (AvgIpc) is 2.62. The third kappa shape index (κ3) is 2.16. The van der Waals surface area contributed by atoms with E-state index in [4.69, 9.17) is 4.74 Å². The Morgan fingerprint density at radius 2 is 2.00 bits per heavy atom. The number of hydrogen-bond donors (Lipinski definition) is 0. The quantitative estimate of drug-likeness (QED) is 0.710. The predicted molar refractivity (Wildman–Crippen MR) is 64.4 cm³/mol. The fourth-order valence-electron chi connectivity index (χ4n) is 1.99. The van der Waals surface area contributed by atoms with Crippen molar-refractivity contribution in [2.75, 3.05) is 7.11 Å². The first kappa shape index (κ1) is 10.9. The van der Waals surface area contributed by atoms with Gasteiger partial charge in [0.1, 0.15) is 5.75 Å². The number of benzene rings is 1. The normalized spacial score (nSPS) is 22.8. The number of hydrogen-bond acceptors (Lipinski definition) is 2. The SMILES string of the molecule is COc1ccc(C=C2CCC(C)C2=O)cc1. The molecule has 0 amide bonds. The van der Waals surface area contributed by atoms with E-state index in [1.807, 2.05) is 37.3 Å². The summed E-state index contributed by atoms with van der Waals surface area (Å²) in [6.45, 7) is 2.00. The lowest BCUT2D eigenvalue weighted by molar-refractivity contribution is -0.117. The summed E-state index contributed by atoms with van der Waals surface area (Å²) in [7, 11) is 1.65. The van der Waals surface area contributed by atoms with E-state index >= 15 is 0 Å². The van der Waals surface area contributed by atoms with Crippen LogP contribution in [0.25, 0.3) is 6.08 Å². The summed E-state index contributed by atoms with van der Waals surface area (Å²) in [5.41, 5.74) is 2.02. The second-order valence-corrected chi connectivity index (χ2v) is 4.25. The molecule has 1 saturated carbocycles. The third-order valence-electron chi connectivity index (χ3n) is 3.07. The first-order valence-corrected chi connectivity index (χ1v) is 5.59. The standard InChI is InChI=1S/C14H16O2/c1-10-3-6-12(14(10)15)9-11-4-7-13(16-2)8-5-11/h4-5,7-10H,3,6H2,1-2H3. The lowest BCUT2D eigenvalue weighted by Crippen LogP contribution is -2.02. The van der Waals surface area contributed by atoms with Crippen molar-refractivity contribution in [2.24, 2.45) is 5.92 Å². The van der Waals surface area contributed by atoms with Gasteiger partial charge in [-0.05, 0) is 42.2 Å². The molecule has 84 valence electrons. The molecule has 1 unspecified atom stereocenters. The van der Waals surface area contributed by atoms with Crippen LogP contribution in [0.5, 0.6) is 5.75 Å². The Labute approximate surface area is 95.9 Å². The van der Waals surface area contributed by atoms with E-state index in [9.17, 15) is 4.79 Å². The molecule has 1 aliphatic carbocycles. The molecule has 0 spiro atoms. The van der Waals surface area contributed by atoms with Crippen molar-refractivity contribution in [3.63, 3.8) is 0 Å². The molecule has 0 saturated heterocycles. The van der Waals surface area contributed by atoms with Gasteiger partial charge in [-0.2, -0.15) is 0 Å². The highest BCUT2D eigenvalue weighted by Gasteiger charge is 2.24. The summed E-state index contributed by atoms with van der Waals surface area (Å²) in [6.07, 6.45) is 3.89. The van der Waals surface area contributed by atoms with Crippen LogP contribution in [0.3, 0.4) is 0 Å². The fourth-order valence-corrected chi connectivity index (χ4v) is 1.99. The maximum Gasteiger partial charge on any atom is 0.161 e. The van der Waals surface area contributed by atoms with Crippen molar-refractivity contribution in [2.45, 2.75) is 19.8 Å². The molecule has 0 aliphatic heterocycles. The van der Waals surface area contributed by atoms with Gasteiger partial charge < -0.3 is 4.74 Å². The molecule has 0 radical (unpaired) electrons. The van der Waals surface area contributed by atoms with Crippen LogP contribution in [0.1, 0.15) is 25.3 Å². The summed E-state index contributed by atoms with van der Waals surface area (Å²) in [5.74, 6) is 1.34. The number of allylic oxidation sites excluding steroid dienone is 1. The van der Waals surface area contributed by atoms with Crippen molar-refractivity contribution in [3.05, 3.63) is 35.4 Å². The number of carbonyl (C=O) groups excluding carboxylic acids is 1. The van der Waals surface area contributed by atoms with Crippen molar-refractivity contribution in [1.29, 1.82) is 0 Å². The van der Waals surface area contributed by atoms with Crippen LogP contribution in [0.4, 0.5) is 0 Å². The molecule has 0 aromatic heterocycles. The molecule has 0 heterocycles. The molecule has 0 N–H and O–H groups in total. The Morgan fingerprint density at radius 1 is 1.31 bits per heavy atom. The van der Waals surface area contributed by atoms with E-state index in [0.29, 0.717) is 5.78 Å². The molecule has 1 aromatic carbocycles. The predicted octanol–water partition coefficient (Wildman–Crippen LogP) is 3.08. The van der Waals surface area contributed by atoms with E-state index in [1.165, 1.54) is 0 Å². The zero-order chi connectivity index (χ0) is 11.5. The maximum absolute atomic E-state index is 11.7. The molecule has 1 aromatic rings. The van der Waals surface area contributed by atoms with Crippen LogP contribution >= 0.6 is 0 Å². The smallest absolute Gasteiger partial charge is 0.161 e. The number of Topliss-reactive ketones (excluding diaryl/α,β-unsaturated/α-hetero) is 1. The van der Waals surface area contributed by atoms with Crippen LogP contribution in [0.2, 0.25) is 0 Å². The number of carbonyl (C=O) groups is 1. The molecule has 2 heteroatoms. The first-order valence-electron chi connectivity index (χ1n) is 5.59. The van der Waals surface area contributed by atoms with Crippen LogP contribution < -0.4 is 4.74 Å². The Balaban J connectivity index is 2.19. The van der Waals surface area contributed by atoms with E-state index in [1.54, 1.807) is 7.11 Å². The highest BCUT2D eigenvalue weighted by atomic mass is 16.5. The number of ether oxygens (including phenoxy) is 1. The Hall–Kier alpha value is -1.57. The van der Waals surface area contributed by atoms with Crippen molar-refractivity contribution in [3.8, 4) is 5.75 Å². The van der Waals surface area contributed by atoms with Gasteiger partial charge in [-0.25, -0.2) is 0 Å². The van der Waals surface area contributed by atoms with E-state index in [-0.39, 0.29) is 5.92 Å². The highest BCUT2D eigenvalue weighted by Crippen LogP contribution is 2.28. The van der Waals surface area contributed by atoms with Crippen LogP contribution in [0, 0.1) is 5.92 Å². The van der Waals surface area contributed by atoms with E-state index in [0.717, 1.165) is 29.7 Å². The summed E-state index contributed by atoms with van der Waals surface area (Å²) in [5, 5.41) is 0. The topological polar surface area (TPSA) is 26.3 Å². The minimum atomic E-state index is 0.199. The van der Waals surface area contributed by atoms with Crippen molar-refractivity contribution >= 4 is 11.9 Å². The van der Waals surface area contributed by atoms with Gasteiger partial charge in [0.25, 0.3) is 0 Å². The summed E-state index contributed by atoms with van der Waals surface area (Å²) in [4.78, 5) is 11.7. The average molecular weight is 216 g/mol. The van der Waals surface area contributed by atoms with Gasteiger partial charge in [-0.3, -0.25) is 4.79 Å². The van der Waals surface area contributed by atoms with Gasteiger partial charge in [0.2, 0.25) is 0 Å². The maximum atomic E-state index is 11.7. The van der Waals surface area contributed by atoms with Gasteiger partial charge >= 0.3 is 0 Å². The lowest BCUT2D eigenvalue weighted by Gasteiger charge is -2.01. The molecule has 2 rings (SSSR count). The van der Waals surface area contributed by atoms with E-state index < -0.39 is 0 Å². The number of rotatable bonds is 2. The summed E-state index contributed by atoms with van der Waals surface area (Å²) < 4.78 is 5.09. The number of methoxy groups -OCH3 is 1. The second kappa shape index (κ2) is 4.52. The molecule has 1 atom stereocenters. The van der Waals surface area contributed by atoms with Gasteiger partial charge in [-0.15, -0.1) is 0 Å². The Morgan fingerprint density at radius 3 is 2.50 bits per heavy atom. The monoisotopic (exact) mass is 216 g/mol. The van der Waals surface area contributed by atoms with Gasteiger partial charge in [0, 0.05) is 5.92 Å². The lowest BCUT2D eigenvalue weighted by atomic mass is 10.1. The number of ketones is 1. The van der Waals surface area contributed by atoms with Gasteiger partial charge in [0.05, 0.1) is 7.11 Å². The molecule has 1 aliphatic rings. The van der Waals surface area contributed by atoms with E-state index in [2.05, 4.69) is 0 Å².